The lowest BCUT2D eigenvalue weighted by Crippen LogP contribution is -2.10. The molecular formula is C28H31ClO4. The minimum atomic E-state index is -0.496. The predicted molar refractivity (Wildman–Crippen MR) is 135 cm³/mol. The van der Waals surface area contributed by atoms with Crippen LogP contribution in [-0.4, -0.2) is 18.9 Å². The smallest absolute Gasteiger partial charge is 0.308 e. The molecule has 0 bridgehead atoms. The second-order valence-electron chi connectivity index (χ2n) is 8.04. The van der Waals surface area contributed by atoms with Gasteiger partial charge in [-0.3, -0.25) is 9.59 Å². The third kappa shape index (κ3) is 8.39. The molecule has 2 aromatic carbocycles. The molecule has 2 rings (SSSR count). The zero-order valence-corrected chi connectivity index (χ0v) is 20.7. The van der Waals surface area contributed by atoms with Gasteiger partial charge in [0, 0.05) is 17.5 Å². The van der Waals surface area contributed by atoms with Gasteiger partial charge in [0.1, 0.15) is 11.5 Å². The predicted octanol–water partition coefficient (Wildman–Crippen LogP) is 7.41. The fourth-order valence-electron chi connectivity index (χ4n) is 3.25. The number of rotatable bonds is 10. The van der Waals surface area contributed by atoms with Crippen LogP contribution in [0, 0.1) is 0 Å². The standard InChI is InChI=1S/C28H31ClO4/c1-19(2)7-6-8-20(3)9-15-25-27(32-5)18-16-24(28(25)33-21(4)30)26(31)17-12-22-10-13-23(29)14-11-22/h7,9-14,16-18H,6,8,15H2,1-5H3/b17-12+,20-9+. The number of halogens is 1. The van der Waals surface area contributed by atoms with Gasteiger partial charge in [0.05, 0.1) is 12.7 Å². The Balaban J connectivity index is 2.38. The molecule has 0 unspecified atom stereocenters. The first-order chi connectivity index (χ1) is 15.7. The average molecular weight is 467 g/mol. The second-order valence-corrected chi connectivity index (χ2v) is 8.48. The Kier molecular flexibility index (Phi) is 10.1. The molecule has 0 aromatic heterocycles. The third-order valence-corrected chi connectivity index (χ3v) is 5.24. The van der Waals surface area contributed by atoms with Crippen LogP contribution in [0.4, 0.5) is 0 Å². The molecule has 0 aliphatic carbocycles. The normalized spacial score (nSPS) is 11.4. The molecule has 0 saturated carbocycles. The van der Waals surface area contributed by atoms with Crippen molar-refractivity contribution in [1.29, 1.82) is 0 Å². The monoisotopic (exact) mass is 466 g/mol. The van der Waals surface area contributed by atoms with Gasteiger partial charge in [-0.15, -0.1) is 0 Å². The van der Waals surface area contributed by atoms with Gasteiger partial charge in [0.2, 0.25) is 0 Å². The summed E-state index contributed by atoms with van der Waals surface area (Å²) in [6.45, 7) is 7.56. The molecule has 0 fully saturated rings. The van der Waals surface area contributed by atoms with Gasteiger partial charge >= 0.3 is 5.97 Å². The molecule has 0 radical (unpaired) electrons. The number of hydrogen-bond donors (Lipinski definition) is 0. The van der Waals surface area contributed by atoms with Crippen LogP contribution in [0.1, 0.15) is 62.0 Å². The van der Waals surface area contributed by atoms with Crippen LogP contribution in [0.2, 0.25) is 5.02 Å². The van der Waals surface area contributed by atoms with Gasteiger partial charge in [-0.1, -0.05) is 53.1 Å². The Bertz CT molecular complexity index is 1070. The van der Waals surface area contributed by atoms with E-state index in [1.165, 1.54) is 24.1 Å². The quantitative estimate of drug-likeness (QED) is 0.120. The molecule has 0 aliphatic rings. The molecule has 0 heterocycles. The number of carbonyl (C=O) groups is 2. The van der Waals surface area contributed by atoms with E-state index in [9.17, 15) is 9.59 Å². The van der Waals surface area contributed by atoms with Gasteiger partial charge in [-0.25, -0.2) is 0 Å². The van der Waals surface area contributed by atoms with Crippen molar-refractivity contribution in [3.05, 3.63) is 87.5 Å². The van der Waals surface area contributed by atoms with E-state index in [-0.39, 0.29) is 11.5 Å². The first kappa shape index (κ1) is 26.1. The van der Waals surface area contributed by atoms with Crippen molar-refractivity contribution in [3.63, 3.8) is 0 Å². The lowest BCUT2D eigenvalue weighted by atomic mass is 9.99. The number of esters is 1. The molecular weight excluding hydrogens is 436 g/mol. The summed E-state index contributed by atoms with van der Waals surface area (Å²) in [6.07, 6.45) is 9.83. The van der Waals surface area contributed by atoms with Crippen molar-refractivity contribution in [3.8, 4) is 11.5 Å². The number of methoxy groups -OCH3 is 1. The second kappa shape index (κ2) is 12.8. The first-order valence-electron chi connectivity index (χ1n) is 10.9. The Morgan fingerprint density at radius 1 is 0.970 bits per heavy atom. The molecule has 0 spiro atoms. The van der Waals surface area contributed by atoms with E-state index in [0.29, 0.717) is 28.3 Å². The number of benzene rings is 2. The SMILES string of the molecule is COc1ccc(C(=O)/C=C/c2ccc(Cl)cc2)c(OC(C)=O)c1C/C=C(\C)CCC=C(C)C. The summed E-state index contributed by atoms with van der Waals surface area (Å²) in [6, 6.07) is 10.5. The number of ether oxygens (including phenoxy) is 2. The fourth-order valence-corrected chi connectivity index (χ4v) is 3.38. The van der Waals surface area contributed by atoms with Crippen molar-refractivity contribution in [1.82, 2.24) is 0 Å². The summed E-state index contributed by atoms with van der Waals surface area (Å²) >= 11 is 5.92. The van der Waals surface area contributed by atoms with E-state index in [1.807, 2.05) is 12.1 Å². The maximum absolute atomic E-state index is 13.0. The highest BCUT2D eigenvalue weighted by Gasteiger charge is 2.20. The maximum Gasteiger partial charge on any atom is 0.308 e. The molecule has 2 aromatic rings. The molecule has 0 aliphatic heterocycles. The maximum atomic E-state index is 13.0. The van der Waals surface area contributed by atoms with Crippen LogP contribution in [0.5, 0.6) is 11.5 Å². The summed E-state index contributed by atoms with van der Waals surface area (Å²) in [5.74, 6) is 0.0395. The zero-order valence-electron chi connectivity index (χ0n) is 19.9. The third-order valence-electron chi connectivity index (χ3n) is 4.99. The van der Waals surface area contributed by atoms with Gasteiger partial charge in [-0.05, 0) is 75.9 Å². The number of ketones is 1. The van der Waals surface area contributed by atoms with E-state index in [4.69, 9.17) is 21.1 Å². The Hall–Kier alpha value is -3.11. The van der Waals surface area contributed by atoms with Gasteiger partial charge in [-0.2, -0.15) is 0 Å². The van der Waals surface area contributed by atoms with Crippen LogP contribution in [0.3, 0.4) is 0 Å². The van der Waals surface area contributed by atoms with Crippen molar-refractivity contribution < 1.29 is 19.1 Å². The van der Waals surface area contributed by atoms with E-state index in [1.54, 1.807) is 37.5 Å². The molecule has 0 atom stereocenters. The average Bonchev–Trinajstić information content (AvgIpc) is 2.76. The molecule has 0 N–H and O–H groups in total. The number of carbonyl (C=O) groups excluding carboxylic acids is 2. The number of allylic oxidation sites excluding steroid dienone is 5. The fraction of sp³-hybridized carbons (Fsp3) is 0.286. The van der Waals surface area contributed by atoms with E-state index in [0.717, 1.165) is 18.4 Å². The van der Waals surface area contributed by atoms with Crippen molar-refractivity contribution in [2.45, 2.75) is 47.0 Å². The highest BCUT2D eigenvalue weighted by molar-refractivity contribution is 6.30. The van der Waals surface area contributed by atoms with Crippen molar-refractivity contribution >= 4 is 29.4 Å². The number of hydrogen-bond acceptors (Lipinski definition) is 4. The van der Waals surface area contributed by atoms with Crippen LogP contribution in [-0.2, 0) is 11.2 Å². The molecule has 4 nitrogen and oxygen atoms in total. The summed E-state index contributed by atoms with van der Waals surface area (Å²) in [5, 5.41) is 0.625. The molecule has 174 valence electrons. The molecule has 0 amide bonds. The Morgan fingerprint density at radius 3 is 2.27 bits per heavy atom. The first-order valence-corrected chi connectivity index (χ1v) is 11.2. The van der Waals surface area contributed by atoms with Crippen LogP contribution >= 0.6 is 11.6 Å². The summed E-state index contributed by atoms with van der Waals surface area (Å²) in [4.78, 5) is 24.9. The van der Waals surface area contributed by atoms with E-state index < -0.39 is 5.97 Å². The molecule has 33 heavy (non-hydrogen) atoms. The van der Waals surface area contributed by atoms with Gasteiger partial charge in [0.15, 0.2) is 5.78 Å². The van der Waals surface area contributed by atoms with Crippen LogP contribution in [0.15, 0.2) is 65.8 Å². The lowest BCUT2D eigenvalue weighted by molar-refractivity contribution is -0.131. The van der Waals surface area contributed by atoms with Gasteiger partial charge in [0.25, 0.3) is 0 Å². The van der Waals surface area contributed by atoms with Crippen LogP contribution in [0.25, 0.3) is 6.08 Å². The summed E-state index contributed by atoms with van der Waals surface area (Å²) in [5.41, 5.74) is 4.31. The largest absolute Gasteiger partial charge is 0.496 e. The van der Waals surface area contributed by atoms with Gasteiger partial charge < -0.3 is 9.47 Å². The molecule has 0 saturated heterocycles. The van der Waals surface area contributed by atoms with Crippen LogP contribution < -0.4 is 9.47 Å². The minimum Gasteiger partial charge on any atom is -0.496 e. The van der Waals surface area contributed by atoms with Crippen molar-refractivity contribution in [2.75, 3.05) is 7.11 Å². The Labute approximate surface area is 201 Å². The summed E-state index contributed by atoms with van der Waals surface area (Å²) in [7, 11) is 1.56. The van der Waals surface area contributed by atoms with Crippen molar-refractivity contribution in [2.24, 2.45) is 0 Å². The Morgan fingerprint density at radius 2 is 1.67 bits per heavy atom. The lowest BCUT2D eigenvalue weighted by Gasteiger charge is -2.15. The van der Waals surface area contributed by atoms with E-state index in [2.05, 4.69) is 32.9 Å². The van der Waals surface area contributed by atoms with E-state index >= 15 is 0 Å². The molecule has 5 heteroatoms. The highest BCUT2D eigenvalue weighted by atomic mass is 35.5. The topological polar surface area (TPSA) is 52.6 Å². The zero-order chi connectivity index (χ0) is 24.4. The summed E-state index contributed by atoms with van der Waals surface area (Å²) < 4.78 is 11.0. The highest BCUT2D eigenvalue weighted by Crippen LogP contribution is 2.34. The minimum absolute atomic E-state index is 0.237.